The highest BCUT2D eigenvalue weighted by Crippen LogP contribution is 2.38. The van der Waals surface area contributed by atoms with E-state index in [0.717, 1.165) is 5.56 Å². The molecule has 2 aliphatic heterocycles. The van der Waals surface area contributed by atoms with E-state index < -0.39 is 15.6 Å². The molecule has 0 atom stereocenters. The van der Waals surface area contributed by atoms with Gasteiger partial charge in [-0.05, 0) is 42.7 Å². The summed E-state index contributed by atoms with van der Waals surface area (Å²) in [5, 5.41) is 1.42. The van der Waals surface area contributed by atoms with Crippen LogP contribution < -0.4 is 4.74 Å². The third kappa shape index (κ3) is 4.01. The van der Waals surface area contributed by atoms with Gasteiger partial charge in [0, 0.05) is 13.1 Å². The topological polar surface area (TPSA) is 76.2 Å². The second-order valence-corrected chi connectivity index (χ2v) is 9.38. The number of sulfonamides is 1. The van der Waals surface area contributed by atoms with Gasteiger partial charge in [-0.2, -0.15) is 4.31 Å². The number of hydrogen-bond donors (Lipinski definition) is 0. The lowest BCUT2D eigenvalue weighted by Gasteiger charge is -2.37. The molecular weight excluding hydrogens is 392 g/mol. The molecule has 2 saturated heterocycles. The second kappa shape index (κ2) is 7.78. The largest absolute Gasteiger partial charge is 0.497 e. The number of benzene rings is 2. The van der Waals surface area contributed by atoms with Gasteiger partial charge in [0.15, 0.2) is 0 Å². The number of piperidine rings is 1. The number of hydroxylamine groups is 2. The number of methoxy groups -OCH3 is 1. The Morgan fingerprint density at radius 3 is 2.31 bits per heavy atom. The van der Waals surface area contributed by atoms with Crippen molar-refractivity contribution in [2.45, 2.75) is 36.3 Å². The zero-order valence-electron chi connectivity index (χ0n) is 16.3. The third-order valence-electron chi connectivity index (χ3n) is 5.56. The van der Waals surface area contributed by atoms with E-state index >= 15 is 0 Å². The fourth-order valence-corrected chi connectivity index (χ4v) is 5.29. The van der Waals surface area contributed by atoms with Crippen LogP contribution in [0, 0.1) is 0 Å². The highest BCUT2D eigenvalue weighted by atomic mass is 32.2. The molecule has 0 unspecified atom stereocenters. The lowest BCUT2D eigenvalue weighted by atomic mass is 9.89. The molecule has 29 heavy (non-hydrogen) atoms. The van der Waals surface area contributed by atoms with Crippen LogP contribution in [0.5, 0.6) is 5.75 Å². The summed E-state index contributed by atoms with van der Waals surface area (Å²) in [7, 11) is -2.05. The maximum Gasteiger partial charge on any atom is 0.249 e. The molecule has 2 fully saturated rings. The van der Waals surface area contributed by atoms with Crippen molar-refractivity contribution in [3.8, 4) is 5.75 Å². The average molecular weight is 416 g/mol. The van der Waals surface area contributed by atoms with Crippen LogP contribution in [0.2, 0.25) is 0 Å². The monoisotopic (exact) mass is 416 g/mol. The molecule has 7 nitrogen and oxygen atoms in total. The van der Waals surface area contributed by atoms with E-state index in [0.29, 0.717) is 38.2 Å². The molecule has 2 aromatic carbocycles. The number of carbonyl (C=O) groups is 1. The molecule has 2 aliphatic rings. The van der Waals surface area contributed by atoms with Gasteiger partial charge in [0.2, 0.25) is 15.9 Å². The number of hydrogen-bond acceptors (Lipinski definition) is 5. The van der Waals surface area contributed by atoms with Crippen molar-refractivity contribution < 1.29 is 22.8 Å². The summed E-state index contributed by atoms with van der Waals surface area (Å²) in [6.07, 6.45) is 1.26. The van der Waals surface area contributed by atoms with Gasteiger partial charge in [0.1, 0.15) is 11.4 Å². The predicted molar refractivity (Wildman–Crippen MR) is 106 cm³/mol. The van der Waals surface area contributed by atoms with Crippen molar-refractivity contribution in [1.82, 2.24) is 9.37 Å². The second-order valence-electron chi connectivity index (χ2n) is 7.45. The van der Waals surface area contributed by atoms with Gasteiger partial charge in [-0.1, -0.05) is 30.3 Å². The van der Waals surface area contributed by atoms with E-state index in [2.05, 4.69) is 0 Å². The van der Waals surface area contributed by atoms with Crippen molar-refractivity contribution in [3.05, 3.63) is 60.2 Å². The van der Waals surface area contributed by atoms with Gasteiger partial charge in [-0.3, -0.25) is 9.63 Å². The molecule has 4 rings (SSSR count). The van der Waals surface area contributed by atoms with Crippen molar-refractivity contribution in [2.24, 2.45) is 0 Å². The van der Waals surface area contributed by atoms with Gasteiger partial charge < -0.3 is 4.74 Å². The van der Waals surface area contributed by atoms with Crippen LogP contribution in [0.1, 0.15) is 24.8 Å². The highest BCUT2D eigenvalue weighted by molar-refractivity contribution is 7.89. The Morgan fingerprint density at radius 1 is 1.03 bits per heavy atom. The van der Waals surface area contributed by atoms with Crippen LogP contribution in [-0.2, 0) is 26.2 Å². The summed E-state index contributed by atoms with van der Waals surface area (Å²) in [6, 6.07) is 16.1. The SMILES string of the molecule is COc1ccc(S(=O)(=O)N2CCC3(CC2)CC(=O)N(Cc2ccccc2)O3)cc1. The quantitative estimate of drug-likeness (QED) is 0.749. The van der Waals surface area contributed by atoms with Crippen LogP contribution in [0.15, 0.2) is 59.5 Å². The summed E-state index contributed by atoms with van der Waals surface area (Å²) in [6.45, 7) is 1.04. The van der Waals surface area contributed by atoms with Crippen LogP contribution in [-0.4, -0.2) is 49.5 Å². The first-order chi connectivity index (χ1) is 13.9. The molecule has 0 aliphatic carbocycles. The lowest BCUT2D eigenvalue weighted by molar-refractivity contribution is -0.212. The molecule has 0 N–H and O–H groups in total. The minimum absolute atomic E-state index is 0.0553. The number of rotatable bonds is 5. The molecule has 1 spiro atoms. The molecule has 0 bridgehead atoms. The lowest BCUT2D eigenvalue weighted by Crippen LogP contribution is -2.46. The molecule has 0 aromatic heterocycles. The first kappa shape index (κ1) is 19.9. The standard InChI is InChI=1S/C21H24N2O5S/c1-27-18-7-9-19(10-8-18)29(25,26)22-13-11-21(12-14-22)15-20(24)23(28-21)16-17-5-3-2-4-6-17/h2-10H,11-16H2,1H3. The maximum atomic E-state index is 12.9. The molecule has 2 aromatic rings. The summed E-state index contributed by atoms with van der Waals surface area (Å²) >= 11 is 0. The molecular formula is C21H24N2O5S. The minimum atomic E-state index is -3.59. The van der Waals surface area contributed by atoms with Crippen LogP contribution >= 0.6 is 0 Å². The van der Waals surface area contributed by atoms with E-state index in [4.69, 9.17) is 9.57 Å². The fourth-order valence-electron chi connectivity index (χ4n) is 3.85. The smallest absolute Gasteiger partial charge is 0.249 e. The minimum Gasteiger partial charge on any atom is -0.497 e. The third-order valence-corrected chi connectivity index (χ3v) is 7.47. The Hall–Kier alpha value is -2.42. The molecule has 154 valence electrons. The van der Waals surface area contributed by atoms with Crippen molar-refractivity contribution in [3.63, 3.8) is 0 Å². The fraction of sp³-hybridized carbons (Fsp3) is 0.381. The van der Waals surface area contributed by atoms with Gasteiger partial charge in [0.25, 0.3) is 0 Å². The number of ether oxygens (including phenoxy) is 1. The highest BCUT2D eigenvalue weighted by Gasteiger charge is 2.48. The van der Waals surface area contributed by atoms with E-state index in [1.165, 1.54) is 16.5 Å². The Balaban J connectivity index is 1.41. The Morgan fingerprint density at radius 2 is 1.69 bits per heavy atom. The molecule has 8 heteroatoms. The van der Waals surface area contributed by atoms with Crippen LogP contribution in [0.25, 0.3) is 0 Å². The zero-order chi connectivity index (χ0) is 20.5. The summed E-state index contributed by atoms with van der Waals surface area (Å²) in [5.74, 6) is 0.554. The van der Waals surface area contributed by atoms with E-state index in [-0.39, 0.29) is 17.2 Å². The van der Waals surface area contributed by atoms with Gasteiger partial charge in [0.05, 0.1) is 25.0 Å². The summed E-state index contributed by atoms with van der Waals surface area (Å²) < 4.78 is 32.4. The van der Waals surface area contributed by atoms with Crippen molar-refractivity contribution in [2.75, 3.05) is 20.2 Å². The van der Waals surface area contributed by atoms with E-state index in [9.17, 15) is 13.2 Å². The first-order valence-electron chi connectivity index (χ1n) is 9.60. The van der Waals surface area contributed by atoms with E-state index in [1.807, 2.05) is 30.3 Å². The zero-order valence-corrected chi connectivity index (χ0v) is 17.1. The van der Waals surface area contributed by atoms with Gasteiger partial charge in [-0.15, -0.1) is 0 Å². The number of nitrogens with zero attached hydrogens (tertiary/aromatic N) is 2. The van der Waals surface area contributed by atoms with E-state index in [1.54, 1.807) is 24.3 Å². The number of carbonyl (C=O) groups excluding carboxylic acids is 1. The Kier molecular flexibility index (Phi) is 5.33. The Labute approximate surface area is 170 Å². The summed E-state index contributed by atoms with van der Waals surface area (Å²) in [4.78, 5) is 18.8. The van der Waals surface area contributed by atoms with Gasteiger partial charge in [-0.25, -0.2) is 13.5 Å². The molecule has 1 amide bonds. The average Bonchev–Trinajstić information content (AvgIpc) is 3.03. The Bertz CT molecular complexity index is 968. The number of amides is 1. The van der Waals surface area contributed by atoms with Crippen LogP contribution in [0.4, 0.5) is 0 Å². The molecule has 0 saturated carbocycles. The normalized spacial score (nSPS) is 19.6. The summed E-state index contributed by atoms with van der Waals surface area (Å²) in [5.41, 5.74) is 0.384. The van der Waals surface area contributed by atoms with Crippen LogP contribution in [0.3, 0.4) is 0 Å². The van der Waals surface area contributed by atoms with Crippen molar-refractivity contribution >= 4 is 15.9 Å². The maximum absolute atomic E-state index is 12.9. The predicted octanol–water partition coefficient (Wildman–Crippen LogP) is 2.58. The first-order valence-corrected chi connectivity index (χ1v) is 11.0. The molecule has 0 radical (unpaired) electrons. The van der Waals surface area contributed by atoms with Gasteiger partial charge >= 0.3 is 0 Å². The molecule has 2 heterocycles. The van der Waals surface area contributed by atoms with Crippen molar-refractivity contribution in [1.29, 1.82) is 0 Å².